The van der Waals surface area contributed by atoms with Crippen LogP contribution in [-0.4, -0.2) is 43.7 Å². The number of hydrogen-bond donors (Lipinski definition) is 0. The average Bonchev–Trinajstić information content (AvgIpc) is 2.79. The molecule has 0 unspecified atom stereocenters. The van der Waals surface area contributed by atoms with Gasteiger partial charge in [0, 0.05) is 23.3 Å². The minimum Gasteiger partial charge on any atom is -0.493 e. The Kier molecular flexibility index (Phi) is 9.00. The summed E-state index contributed by atoms with van der Waals surface area (Å²) in [6, 6.07) is 9.04. The minimum atomic E-state index is -1.08. The first kappa shape index (κ1) is 25.4. The highest BCUT2D eigenvalue weighted by molar-refractivity contribution is 6.31. The zero-order valence-electron chi connectivity index (χ0n) is 18.3. The molecule has 0 aliphatic rings. The summed E-state index contributed by atoms with van der Waals surface area (Å²) >= 11 is 6.04. The second kappa shape index (κ2) is 11.7. The van der Waals surface area contributed by atoms with E-state index in [4.69, 9.17) is 31.1 Å². The number of hydrogen-bond acceptors (Lipinski definition) is 8. The third-order valence-corrected chi connectivity index (χ3v) is 4.95. The van der Waals surface area contributed by atoms with Crippen LogP contribution in [0.2, 0.25) is 5.02 Å². The molecule has 11 heteroatoms. The Hall–Kier alpha value is -3.84. The number of nitro benzene ring substituents is 1. The lowest BCUT2D eigenvalue weighted by atomic mass is 10.1. The first-order chi connectivity index (χ1) is 15.7. The molecule has 0 saturated heterocycles. The molecule has 0 aliphatic carbocycles. The number of nitro groups is 1. The van der Waals surface area contributed by atoms with E-state index >= 15 is 0 Å². The Morgan fingerprint density at radius 3 is 2.55 bits per heavy atom. The normalized spacial score (nSPS) is 10.2. The summed E-state index contributed by atoms with van der Waals surface area (Å²) in [4.78, 5) is 37.4. The maximum Gasteiger partial charge on any atom is 0.345 e. The molecule has 2 aromatic carbocycles. The van der Waals surface area contributed by atoms with Crippen molar-refractivity contribution >= 4 is 34.9 Å². The Morgan fingerprint density at radius 2 is 1.97 bits per heavy atom. The molecule has 0 saturated carbocycles. The summed E-state index contributed by atoms with van der Waals surface area (Å²) in [7, 11) is 1.32. The highest BCUT2D eigenvalue weighted by Crippen LogP contribution is 2.35. The number of esters is 1. The predicted molar refractivity (Wildman–Crippen MR) is 120 cm³/mol. The number of amides is 1. The SMILES string of the molecule is CCOc1cc([N+](=O)[O-])c(C(=O)OCC(=O)N(CCC#N)c2ccc(Cl)c(C)c2)cc1OC. The van der Waals surface area contributed by atoms with Crippen LogP contribution < -0.4 is 14.4 Å². The smallest absolute Gasteiger partial charge is 0.345 e. The van der Waals surface area contributed by atoms with Gasteiger partial charge in [-0.15, -0.1) is 0 Å². The molecule has 0 aliphatic heterocycles. The van der Waals surface area contributed by atoms with Crippen molar-refractivity contribution in [3.05, 3.63) is 56.6 Å². The molecule has 2 aromatic rings. The molecule has 0 atom stereocenters. The van der Waals surface area contributed by atoms with Crippen molar-refractivity contribution in [1.82, 2.24) is 0 Å². The van der Waals surface area contributed by atoms with Crippen LogP contribution in [0.25, 0.3) is 0 Å². The van der Waals surface area contributed by atoms with Gasteiger partial charge in [-0.05, 0) is 37.6 Å². The van der Waals surface area contributed by atoms with E-state index in [2.05, 4.69) is 0 Å². The van der Waals surface area contributed by atoms with Crippen molar-refractivity contribution in [3.8, 4) is 17.6 Å². The van der Waals surface area contributed by atoms with Gasteiger partial charge in [0.1, 0.15) is 5.56 Å². The highest BCUT2D eigenvalue weighted by Gasteiger charge is 2.27. The third kappa shape index (κ3) is 6.33. The van der Waals surface area contributed by atoms with Crippen molar-refractivity contribution in [2.45, 2.75) is 20.3 Å². The van der Waals surface area contributed by atoms with Gasteiger partial charge in [-0.2, -0.15) is 5.26 Å². The van der Waals surface area contributed by atoms with Crippen LogP contribution in [0, 0.1) is 28.4 Å². The Balaban J connectivity index is 2.26. The maximum atomic E-state index is 12.8. The molecule has 1 amide bonds. The number of aryl methyl sites for hydroxylation is 1. The van der Waals surface area contributed by atoms with Crippen LogP contribution in [0.3, 0.4) is 0 Å². The maximum absolute atomic E-state index is 12.8. The minimum absolute atomic E-state index is 0.0446. The number of nitrogens with zero attached hydrogens (tertiary/aromatic N) is 3. The summed E-state index contributed by atoms with van der Waals surface area (Å²) in [6.07, 6.45) is 0.0446. The number of anilines is 1. The van der Waals surface area contributed by atoms with Crippen molar-refractivity contribution in [2.75, 3.05) is 31.8 Å². The molecule has 10 nitrogen and oxygen atoms in total. The van der Waals surface area contributed by atoms with Crippen LogP contribution in [0.1, 0.15) is 29.3 Å². The lowest BCUT2D eigenvalue weighted by Crippen LogP contribution is -2.35. The average molecular weight is 476 g/mol. The van der Waals surface area contributed by atoms with Gasteiger partial charge in [-0.1, -0.05) is 11.6 Å². The zero-order chi connectivity index (χ0) is 24.5. The Bertz CT molecular complexity index is 1100. The molecule has 0 aromatic heterocycles. The van der Waals surface area contributed by atoms with Crippen LogP contribution in [0.4, 0.5) is 11.4 Å². The number of rotatable bonds is 10. The number of halogens is 1. The number of methoxy groups -OCH3 is 1. The summed E-state index contributed by atoms with van der Waals surface area (Å²) in [6.45, 7) is 3.05. The van der Waals surface area contributed by atoms with Crippen LogP contribution in [0.15, 0.2) is 30.3 Å². The van der Waals surface area contributed by atoms with E-state index in [1.165, 1.54) is 12.0 Å². The molecule has 2 rings (SSSR count). The summed E-state index contributed by atoms with van der Waals surface area (Å²) in [5.41, 5.74) is 0.255. The zero-order valence-corrected chi connectivity index (χ0v) is 19.0. The van der Waals surface area contributed by atoms with E-state index in [0.29, 0.717) is 10.7 Å². The van der Waals surface area contributed by atoms with E-state index in [-0.39, 0.29) is 36.6 Å². The molecule has 0 fully saturated rings. The number of benzene rings is 2. The van der Waals surface area contributed by atoms with Crippen molar-refractivity contribution in [3.63, 3.8) is 0 Å². The van der Waals surface area contributed by atoms with Gasteiger partial charge in [0.2, 0.25) is 0 Å². The molecule has 0 heterocycles. The molecule has 0 N–H and O–H groups in total. The summed E-state index contributed by atoms with van der Waals surface area (Å²) < 4.78 is 15.5. The topological polar surface area (TPSA) is 132 Å². The molecular weight excluding hydrogens is 454 g/mol. The van der Waals surface area contributed by atoms with Crippen LogP contribution in [-0.2, 0) is 9.53 Å². The Labute approximate surface area is 195 Å². The van der Waals surface area contributed by atoms with Crippen molar-refractivity contribution in [2.24, 2.45) is 0 Å². The quantitative estimate of drug-likeness (QED) is 0.285. The number of carbonyl (C=O) groups excluding carboxylic acids is 2. The third-order valence-electron chi connectivity index (χ3n) is 4.53. The van der Waals surface area contributed by atoms with Gasteiger partial charge in [0.05, 0.1) is 37.2 Å². The van der Waals surface area contributed by atoms with Crippen molar-refractivity contribution in [1.29, 1.82) is 5.26 Å². The highest BCUT2D eigenvalue weighted by atomic mass is 35.5. The molecule has 0 radical (unpaired) electrons. The van der Waals surface area contributed by atoms with E-state index in [1.807, 2.05) is 6.07 Å². The first-order valence-corrected chi connectivity index (χ1v) is 10.2. The molecular formula is C22H22ClN3O7. The van der Waals surface area contributed by atoms with E-state index in [9.17, 15) is 19.7 Å². The second-order valence-corrected chi connectivity index (χ2v) is 7.08. The standard InChI is InChI=1S/C22H22ClN3O7/c1-4-32-20-12-18(26(29)30)16(11-19(20)31-3)22(28)33-13-21(27)25(9-5-8-24)15-6-7-17(23)14(2)10-15/h6-7,10-12H,4-5,9,13H2,1-3H3. The van der Waals surface area contributed by atoms with Crippen LogP contribution in [0.5, 0.6) is 11.5 Å². The largest absolute Gasteiger partial charge is 0.493 e. The van der Waals surface area contributed by atoms with Gasteiger partial charge >= 0.3 is 5.97 Å². The molecule has 33 heavy (non-hydrogen) atoms. The number of carbonyl (C=O) groups is 2. The van der Waals surface area contributed by atoms with E-state index in [0.717, 1.165) is 17.7 Å². The molecule has 0 bridgehead atoms. The monoisotopic (exact) mass is 475 g/mol. The molecule has 174 valence electrons. The summed E-state index contributed by atoms with van der Waals surface area (Å²) in [5, 5.41) is 20.9. The Morgan fingerprint density at radius 1 is 1.24 bits per heavy atom. The lowest BCUT2D eigenvalue weighted by molar-refractivity contribution is -0.385. The van der Waals surface area contributed by atoms with Gasteiger partial charge in [0.15, 0.2) is 18.1 Å². The van der Waals surface area contributed by atoms with Gasteiger partial charge in [-0.3, -0.25) is 14.9 Å². The van der Waals surface area contributed by atoms with Gasteiger partial charge < -0.3 is 19.1 Å². The number of nitriles is 1. The fourth-order valence-electron chi connectivity index (χ4n) is 2.93. The van der Waals surface area contributed by atoms with E-state index < -0.39 is 29.1 Å². The fourth-order valence-corrected chi connectivity index (χ4v) is 3.05. The fraction of sp³-hybridized carbons (Fsp3) is 0.318. The predicted octanol–water partition coefficient (Wildman–Crippen LogP) is 4.07. The summed E-state index contributed by atoms with van der Waals surface area (Å²) in [5.74, 6) is -1.49. The second-order valence-electron chi connectivity index (χ2n) is 6.67. The lowest BCUT2D eigenvalue weighted by Gasteiger charge is -2.22. The van der Waals surface area contributed by atoms with E-state index in [1.54, 1.807) is 32.0 Å². The van der Waals surface area contributed by atoms with Crippen LogP contribution >= 0.6 is 11.6 Å². The van der Waals surface area contributed by atoms with Crippen molar-refractivity contribution < 1.29 is 28.7 Å². The van der Waals surface area contributed by atoms with Gasteiger partial charge in [-0.25, -0.2) is 4.79 Å². The number of ether oxygens (including phenoxy) is 3. The molecule has 0 spiro atoms. The van der Waals surface area contributed by atoms with Gasteiger partial charge in [0.25, 0.3) is 11.6 Å². The first-order valence-electron chi connectivity index (χ1n) is 9.83.